The number of anilines is 1. The molecular weight excluding hydrogens is 448 g/mol. The number of oxime groups is 1. The Labute approximate surface area is 184 Å². The number of nitrogens with zero attached hydrogens (tertiary/aromatic N) is 7. The third kappa shape index (κ3) is 7.56. The van der Waals surface area contributed by atoms with Gasteiger partial charge in [0.05, 0.1) is 37.5 Å². The van der Waals surface area contributed by atoms with Crippen LogP contribution in [0.1, 0.15) is 24.3 Å². The second-order valence-electron chi connectivity index (χ2n) is 5.11. The van der Waals surface area contributed by atoms with E-state index in [1.807, 2.05) is 0 Å². The number of nitrogens with one attached hydrogen (secondary N) is 1. The van der Waals surface area contributed by atoms with E-state index in [1.54, 1.807) is 37.0 Å². The molecule has 0 aliphatic heterocycles. The average molecular weight is 467 g/mol. The molecule has 31 heavy (non-hydrogen) atoms. The van der Waals surface area contributed by atoms with Gasteiger partial charge >= 0.3 is 11.9 Å². The molecule has 0 saturated carbocycles. The van der Waals surface area contributed by atoms with Crippen molar-refractivity contribution in [3.05, 3.63) is 35.0 Å². The maximum Gasteiger partial charge on any atom is 0.360 e. The topological polar surface area (TPSA) is 166 Å². The minimum Gasteiger partial charge on any atom is -0.461 e. The fourth-order valence-corrected chi connectivity index (χ4v) is 2.71. The van der Waals surface area contributed by atoms with Crippen molar-refractivity contribution >= 4 is 52.6 Å². The molecule has 0 aromatic carbocycles. The highest BCUT2D eigenvalue weighted by atomic mass is 32.1. The van der Waals surface area contributed by atoms with E-state index in [-0.39, 0.29) is 18.0 Å². The normalized spacial score (nSPS) is 11.0. The van der Waals surface area contributed by atoms with Crippen LogP contribution in [0.4, 0.5) is 5.69 Å². The second kappa shape index (κ2) is 12.8. The van der Waals surface area contributed by atoms with Crippen molar-refractivity contribution in [2.45, 2.75) is 13.8 Å². The zero-order chi connectivity index (χ0) is 22.5. The molecule has 2 N–H and O–H groups in total. The van der Waals surface area contributed by atoms with Gasteiger partial charge in [-0.2, -0.15) is 18.9 Å². The number of aromatic nitrogens is 5. The molecule has 0 unspecified atom stereocenters. The zero-order valence-corrected chi connectivity index (χ0v) is 18.0. The van der Waals surface area contributed by atoms with Crippen LogP contribution in [0.5, 0.6) is 0 Å². The van der Waals surface area contributed by atoms with E-state index < -0.39 is 11.9 Å². The van der Waals surface area contributed by atoms with Crippen molar-refractivity contribution in [3.8, 4) is 5.69 Å². The highest BCUT2D eigenvalue weighted by molar-refractivity contribution is 7.04. The van der Waals surface area contributed by atoms with E-state index in [0.29, 0.717) is 12.3 Å². The maximum atomic E-state index is 11.3. The molecular formula is C16H18N8O5S2. The molecule has 3 aromatic heterocycles. The van der Waals surface area contributed by atoms with Gasteiger partial charge in [-0.3, -0.25) is 5.43 Å². The highest BCUT2D eigenvalue weighted by Gasteiger charge is 2.12. The summed E-state index contributed by atoms with van der Waals surface area (Å²) in [6.45, 7) is 3.95. The Balaban J connectivity index is 0.000000220. The van der Waals surface area contributed by atoms with E-state index in [9.17, 15) is 9.59 Å². The van der Waals surface area contributed by atoms with E-state index in [4.69, 9.17) is 14.7 Å². The number of rotatable bonds is 8. The van der Waals surface area contributed by atoms with Crippen LogP contribution in [-0.2, 0) is 14.3 Å². The molecule has 0 amide bonds. The average Bonchev–Trinajstić information content (AvgIpc) is 3.54. The van der Waals surface area contributed by atoms with Gasteiger partial charge in [0, 0.05) is 10.8 Å². The molecule has 3 heterocycles. The summed E-state index contributed by atoms with van der Waals surface area (Å²) in [5.74, 6) is -1.14. The lowest BCUT2D eigenvalue weighted by Gasteiger charge is -2.00. The van der Waals surface area contributed by atoms with Gasteiger partial charge in [-0.1, -0.05) is 5.16 Å². The van der Waals surface area contributed by atoms with Crippen LogP contribution in [0.3, 0.4) is 0 Å². The Morgan fingerprint density at radius 3 is 2.52 bits per heavy atom. The SMILES string of the molecule is CCOC(=O)C(/C=N/O)=N/Nc1cnsc1.CCOC(=O)c1cnn(-c2cnsc2)n1. The molecule has 3 rings (SSSR count). The van der Waals surface area contributed by atoms with Crippen molar-refractivity contribution in [2.24, 2.45) is 10.3 Å². The molecule has 3 aromatic rings. The molecule has 164 valence electrons. The first-order valence-electron chi connectivity index (χ1n) is 8.65. The van der Waals surface area contributed by atoms with Crippen LogP contribution in [0.25, 0.3) is 5.69 Å². The van der Waals surface area contributed by atoms with Gasteiger partial charge in [-0.05, 0) is 36.9 Å². The van der Waals surface area contributed by atoms with E-state index in [1.165, 1.54) is 34.1 Å². The molecule has 0 aliphatic carbocycles. The fourth-order valence-electron chi connectivity index (χ4n) is 1.76. The van der Waals surface area contributed by atoms with Gasteiger partial charge in [0.25, 0.3) is 0 Å². The number of hydrogen-bond donors (Lipinski definition) is 2. The summed E-state index contributed by atoms with van der Waals surface area (Å²) in [5.41, 5.74) is 4.02. The molecule has 13 nitrogen and oxygen atoms in total. The number of hydrogen-bond acceptors (Lipinski definition) is 14. The van der Waals surface area contributed by atoms with Crippen LogP contribution >= 0.6 is 23.1 Å². The molecule has 0 atom stereocenters. The minimum absolute atomic E-state index is 0.129. The molecule has 0 aliphatic rings. The second-order valence-corrected chi connectivity index (χ2v) is 6.42. The summed E-state index contributed by atoms with van der Waals surface area (Å²) in [7, 11) is 0. The Kier molecular flexibility index (Phi) is 9.70. The first kappa shape index (κ1) is 23.6. The third-order valence-corrected chi connectivity index (χ3v) is 4.19. The number of hydrazone groups is 1. The van der Waals surface area contributed by atoms with Gasteiger partial charge in [-0.15, -0.1) is 9.90 Å². The van der Waals surface area contributed by atoms with Crippen LogP contribution < -0.4 is 5.43 Å². The van der Waals surface area contributed by atoms with E-state index >= 15 is 0 Å². The van der Waals surface area contributed by atoms with Gasteiger partial charge in [0.15, 0.2) is 11.4 Å². The van der Waals surface area contributed by atoms with Crippen LogP contribution in [0, 0.1) is 0 Å². The summed E-state index contributed by atoms with van der Waals surface area (Å²) in [5, 5.41) is 26.2. The quantitative estimate of drug-likeness (QED) is 0.216. The number of ether oxygens (including phenoxy) is 2. The number of carbonyl (C=O) groups excluding carboxylic acids is 2. The van der Waals surface area contributed by atoms with Gasteiger partial charge in [0.2, 0.25) is 0 Å². The smallest absolute Gasteiger partial charge is 0.360 e. The lowest BCUT2D eigenvalue weighted by molar-refractivity contribution is -0.134. The first-order valence-corrected chi connectivity index (χ1v) is 10.3. The van der Waals surface area contributed by atoms with Crippen molar-refractivity contribution in [2.75, 3.05) is 18.6 Å². The third-order valence-electron chi connectivity index (χ3n) is 3.03. The fraction of sp³-hybridized carbons (Fsp3) is 0.250. The molecule has 15 heteroatoms. The van der Waals surface area contributed by atoms with Crippen molar-refractivity contribution in [3.63, 3.8) is 0 Å². The van der Waals surface area contributed by atoms with Crippen LogP contribution in [0.15, 0.2) is 39.6 Å². The summed E-state index contributed by atoms with van der Waals surface area (Å²) < 4.78 is 17.2. The summed E-state index contributed by atoms with van der Waals surface area (Å²) in [4.78, 5) is 23.9. The standard InChI is InChI=1S/C8H10N4O3S.C8H8N4O2S/c1-2-15-8(13)7(4-9-14)12-11-6-3-10-16-5-6;1-2-14-8(13)7-4-9-12(11-7)6-3-10-15-5-6/h3-5,11,14H,2H2,1H3;3-5H,2H2,1H3/b9-4+,12-7+;. The lowest BCUT2D eigenvalue weighted by Crippen LogP contribution is -2.20. The summed E-state index contributed by atoms with van der Waals surface area (Å²) >= 11 is 2.54. The predicted octanol–water partition coefficient (Wildman–Crippen LogP) is 1.83. The monoisotopic (exact) mass is 466 g/mol. The van der Waals surface area contributed by atoms with Crippen molar-refractivity contribution in [1.29, 1.82) is 0 Å². The minimum atomic E-state index is -0.670. The molecule has 0 saturated heterocycles. The lowest BCUT2D eigenvalue weighted by atomic mass is 10.4. The Morgan fingerprint density at radius 1 is 1.16 bits per heavy atom. The molecule has 0 spiro atoms. The summed E-state index contributed by atoms with van der Waals surface area (Å²) in [6, 6.07) is 0. The number of carbonyl (C=O) groups is 2. The first-order chi connectivity index (χ1) is 15.1. The maximum absolute atomic E-state index is 11.3. The van der Waals surface area contributed by atoms with Crippen LogP contribution in [-0.4, -0.2) is 66.0 Å². The van der Waals surface area contributed by atoms with Gasteiger partial charge in [0.1, 0.15) is 11.9 Å². The van der Waals surface area contributed by atoms with Crippen LogP contribution in [0.2, 0.25) is 0 Å². The number of esters is 2. The summed E-state index contributed by atoms with van der Waals surface area (Å²) in [6.07, 6.45) is 5.44. The van der Waals surface area contributed by atoms with E-state index in [2.05, 4.69) is 34.6 Å². The van der Waals surface area contributed by atoms with Crippen molar-refractivity contribution < 1.29 is 24.3 Å². The van der Waals surface area contributed by atoms with Gasteiger partial charge in [-0.25, -0.2) is 9.59 Å². The Bertz CT molecular complexity index is 1000. The molecule has 0 radical (unpaired) electrons. The highest BCUT2D eigenvalue weighted by Crippen LogP contribution is 2.08. The Morgan fingerprint density at radius 2 is 1.90 bits per heavy atom. The zero-order valence-electron chi connectivity index (χ0n) is 16.4. The van der Waals surface area contributed by atoms with Gasteiger partial charge < -0.3 is 14.7 Å². The predicted molar refractivity (Wildman–Crippen MR) is 113 cm³/mol. The Hall–Kier alpha value is -3.72. The van der Waals surface area contributed by atoms with Crippen molar-refractivity contribution in [1.82, 2.24) is 23.7 Å². The van der Waals surface area contributed by atoms with E-state index in [0.717, 1.165) is 11.9 Å². The molecule has 0 bridgehead atoms. The largest absolute Gasteiger partial charge is 0.461 e. The molecule has 0 fully saturated rings.